The number of benzene rings is 2. The molecule has 1 aliphatic carbocycles. The van der Waals surface area contributed by atoms with Crippen LogP contribution in [0.5, 0.6) is 0 Å². The van der Waals surface area contributed by atoms with Gasteiger partial charge in [0.1, 0.15) is 11.6 Å². The van der Waals surface area contributed by atoms with Crippen molar-refractivity contribution in [3.63, 3.8) is 0 Å². The van der Waals surface area contributed by atoms with Crippen molar-refractivity contribution in [1.29, 1.82) is 0 Å². The molecule has 1 aliphatic rings. The Morgan fingerprint density at radius 2 is 1.77 bits per heavy atom. The predicted octanol–water partition coefficient (Wildman–Crippen LogP) is 4.47. The number of halogens is 1. The zero-order valence-corrected chi connectivity index (χ0v) is 14.4. The van der Waals surface area contributed by atoms with Crippen molar-refractivity contribution in [3.05, 3.63) is 76.1 Å². The van der Waals surface area contributed by atoms with E-state index in [1.54, 1.807) is 24.4 Å². The van der Waals surface area contributed by atoms with Gasteiger partial charge in [-0.15, -0.1) is 0 Å². The van der Waals surface area contributed by atoms with Crippen LogP contribution in [0.4, 0.5) is 4.39 Å². The fraction of sp³-hybridized carbons (Fsp3) is 0.286. The summed E-state index contributed by atoms with van der Waals surface area (Å²) in [6, 6.07) is 13.4. The average Bonchev–Trinajstić information content (AvgIpc) is 2.69. The summed E-state index contributed by atoms with van der Waals surface area (Å²) in [6.45, 7) is 0. The molecule has 4 rings (SSSR count). The minimum Gasteiger partial charge on any atom is -0.267 e. The van der Waals surface area contributed by atoms with Gasteiger partial charge in [-0.25, -0.2) is 9.37 Å². The highest BCUT2D eigenvalue weighted by Gasteiger charge is 2.22. The molecular formula is C21H20FN3O. The molecule has 0 aliphatic heterocycles. The fourth-order valence-electron chi connectivity index (χ4n) is 3.55. The Morgan fingerprint density at radius 1 is 1.04 bits per heavy atom. The predicted molar refractivity (Wildman–Crippen MR) is 101 cm³/mol. The smallest absolute Gasteiger partial charge is 0.267 e. The van der Waals surface area contributed by atoms with Crippen LogP contribution in [0.1, 0.15) is 49.4 Å². The summed E-state index contributed by atoms with van der Waals surface area (Å²) < 4.78 is 14.5. The molecule has 0 radical (unpaired) electrons. The molecule has 1 aromatic heterocycles. The van der Waals surface area contributed by atoms with Crippen LogP contribution in [0.2, 0.25) is 0 Å². The first-order valence-electron chi connectivity index (χ1n) is 9.04. The summed E-state index contributed by atoms with van der Waals surface area (Å²) in [5.74, 6) is 0.674. The molecule has 4 nitrogen and oxygen atoms in total. The molecule has 1 saturated carbocycles. The largest absolute Gasteiger partial charge is 0.282 e. The van der Waals surface area contributed by atoms with E-state index >= 15 is 0 Å². The third kappa shape index (κ3) is 3.29. The van der Waals surface area contributed by atoms with Gasteiger partial charge in [0.25, 0.3) is 5.56 Å². The molecule has 5 heteroatoms. The van der Waals surface area contributed by atoms with Crippen LogP contribution < -0.4 is 5.56 Å². The maximum atomic E-state index is 13.1. The number of hydrogen-bond acceptors (Lipinski definition) is 3. The molecule has 1 heterocycles. The van der Waals surface area contributed by atoms with Crippen LogP contribution in [0.3, 0.4) is 0 Å². The second kappa shape index (κ2) is 7.20. The molecule has 0 amide bonds. The van der Waals surface area contributed by atoms with Crippen LogP contribution in [-0.2, 0) is 0 Å². The zero-order chi connectivity index (χ0) is 17.9. The molecule has 0 saturated heterocycles. The molecule has 0 unspecified atom stereocenters. The van der Waals surface area contributed by atoms with Crippen molar-refractivity contribution in [1.82, 2.24) is 9.66 Å². The first-order valence-corrected chi connectivity index (χ1v) is 9.04. The maximum absolute atomic E-state index is 13.1. The number of nitrogens with zero attached hydrogens (tertiary/aromatic N) is 3. The first-order chi connectivity index (χ1) is 12.7. The van der Waals surface area contributed by atoms with Crippen LogP contribution in [0, 0.1) is 5.82 Å². The number of rotatable bonds is 3. The van der Waals surface area contributed by atoms with E-state index in [1.165, 1.54) is 23.2 Å². The Labute approximate surface area is 151 Å². The monoisotopic (exact) mass is 349 g/mol. The molecule has 0 bridgehead atoms. The van der Waals surface area contributed by atoms with Crippen molar-refractivity contribution >= 4 is 17.1 Å². The van der Waals surface area contributed by atoms with Crippen molar-refractivity contribution in [2.45, 2.75) is 38.0 Å². The van der Waals surface area contributed by atoms with E-state index in [9.17, 15) is 9.18 Å². The summed E-state index contributed by atoms with van der Waals surface area (Å²) in [7, 11) is 0. The van der Waals surface area contributed by atoms with Gasteiger partial charge in [0.2, 0.25) is 0 Å². The van der Waals surface area contributed by atoms with Crippen LogP contribution in [0.15, 0.2) is 58.4 Å². The summed E-state index contributed by atoms with van der Waals surface area (Å²) >= 11 is 0. The quantitative estimate of drug-likeness (QED) is 0.655. The zero-order valence-electron chi connectivity index (χ0n) is 14.4. The Morgan fingerprint density at radius 3 is 2.54 bits per heavy atom. The third-order valence-electron chi connectivity index (χ3n) is 4.94. The third-order valence-corrected chi connectivity index (χ3v) is 4.94. The van der Waals surface area contributed by atoms with Gasteiger partial charge in [0.05, 0.1) is 17.1 Å². The number of aromatic nitrogens is 2. The van der Waals surface area contributed by atoms with Gasteiger partial charge in [-0.2, -0.15) is 9.78 Å². The normalized spacial score (nSPS) is 15.7. The lowest BCUT2D eigenvalue weighted by molar-refractivity contribution is 0.416. The van der Waals surface area contributed by atoms with E-state index < -0.39 is 0 Å². The first kappa shape index (κ1) is 16.6. The van der Waals surface area contributed by atoms with E-state index in [1.807, 2.05) is 18.2 Å². The summed E-state index contributed by atoms with van der Waals surface area (Å²) in [5.41, 5.74) is 1.29. The molecule has 0 atom stereocenters. The molecule has 26 heavy (non-hydrogen) atoms. The Kier molecular flexibility index (Phi) is 4.61. The van der Waals surface area contributed by atoms with E-state index in [0.29, 0.717) is 10.9 Å². The standard InChI is InChI=1S/C21H20FN3O/c22-17-12-10-15(11-13-17)14-23-25-20(16-6-2-1-3-7-16)24-19-9-5-4-8-18(19)21(25)26/h4-5,8-14,16H,1-3,6-7H2. The van der Waals surface area contributed by atoms with Gasteiger partial charge < -0.3 is 0 Å². The highest BCUT2D eigenvalue weighted by Crippen LogP contribution is 2.31. The Bertz CT molecular complexity index is 1000. The molecule has 2 aromatic carbocycles. The van der Waals surface area contributed by atoms with Gasteiger partial charge in [-0.3, -0.25) is 4.79 Å². The van der Waals surface area contributed by atoms with Crippen LogP contribution in [0.25, 0.3) is 10.9 Å². The lowest BCUT2D eigenvalue weighted by atomic mass is 9.88. The van der Waals surface area contributed by atoms with Crippen LogP contribution >= 0.6 is 0 Å². The van der Waals surface area contributed by atoms with E-state index in [0.717, 1.165) is 37.1 Å². The van der Waals surface area contributed by atoms with Crippen molar-refractivity contribution in [2.75, 3.05) is 0 Å². The number of hydrogen-bond donors (Lipinski definition) is 0. The SMILES string of the molecule is O=c1c2ccccc2nc(C2CCCCC2)n1N=Cc1ccc(F)cc1. The highest BCUT2D eigenvalue weighted by molar-refractivity contribution is 5.80. The Hall–Kier alpha value is -2.82. The number of fused-ring (bicyclic) bond motifs is 1. The fourth-order valence-corrected chi connectivity index (χ4v) is 3.55. The van der Waals surface area contributed by atoms with E-state index in [4.69, 9.17) is 4.98 Å². The van der Waals surface area contributed by atoms with Gasteiger partial charge in [-0.1, -0.05) is 43.5 Å². The van der Waals surface area contributed by atoms with Gasteiger partial charge in [0.15, 0.2) is 0 Å². The lowest BCUT2D eigenvalue weighted by Crippen LogP contribution is -2.25. The molecule has 132 valence electrons. The van der Waals surface area contributed by atoms with Gasteiger partial charge >= 0.3 is 0 Å². The maximum Gasteiger partial charge on any atom is 0.282 e. The summed E-state index contributed by atoms with van der Waals surface area (Å²) in [6.07, 6.45) is 7.16. The molecular weight excluding hydrogens is 329 g/mol. The molecule has 1 fully saturated rings. The van der Waals surface area contributed by atoms with Crippen LogP contribution in [-0.4, -0.2) is 15.9 Å². The summed E-state index contributed by atoms with van der Waals surface area (Å²) in [4.78, 5) is 17.8. The topological polar surface area (TPSA) is 47.2 Å². The second-order valence-electron chi connectivity index (χ2n) is 6.74. The lowest BCUT2D eigenvalue weighted by Gasteiger charge is -2.22. The minimum atomic E-state index is -0.297. The summed E-state index contributed by atoms with van der Waals surface area (Å²) in [5, 5.41) is 4.98. The highest BCUT2D eigenvalue weighted by atomic mass is 19.1. The van der Waals surface area contributed by atoms with E-state index in [-0.39, 0.29) is 17.3 Å². The molecule has 0 N–H and O–H groups in total. The molecule has 0 spiro atoms. The Balaban J connectivity index is 1.83. The van der Waals surface area contributed by atoms with Gasteiger partial charge in [-0.05, 0) is 42.7 Å². The average molecular weight is 349 g/mol. The van der Waals surface area contributed by atoms with E-state index in [2.05, 4.69) is 5.10 Å². The number of para-hydroxylation sites is 1. The molecule has 3 aromatic rings. The van der Waals surface area contributed by atoms with Crippen molar-refractivity contribution in [2.24, 2.45) is 5.10 Å². The van der Waals surface area contributed by atoms with Gasteiger partial charge in [0, 0.05) is 5.92 Å². The minimum absolute atomic E-state index is 0.158. The van der Waals surface area contributed by atoms with Crippen molar-refractivity contribution < 1.29 is 4.39 Å². The second-order valence-corrected chi connectivity index (χ2v) is 6.74. The van der Waals surface area contributed by atoms with Crippen molar-refractivity contribution in [3.8, 4) is 0 Å².